The van der Waals surface area contributed by atoms with Crippen LogP contribution in [0.1, 0.15) is 51.9 Å². The highest BCUT2D eigenvalue weighted by Gasteiger charge is 2.11. The number of allylic oxidation sites excluding steroid dienone is 1. The van der Waals surface area contributed by atoms with E-state index in [-0.39, 0.29) is 0 Å². The van der Waals surface area contributed by atoms with Crippen molar-refractivity contribution in [2.45, 2.75) is 57.9 Å². The van der Waals surface area contributed by atoms with Crippen molar-refractivity contribution in [1.29, 1.82) is 0 Å². The second-order valence-electron chi connectivity index (χ2n) is 4.70. The number of rotatable bonds is 8. The molecule has 0 bridgehead atoms. The molecule has 1 aliphatic rings. The van der Waals surface area contributed by atoms with Gasteiger partial charge in [-0.1, -0.05) is 18.6 Å². The standard InChI is InChI=1S/C14H27NO/c1-3-15-14(10-7-11-16-2)12-13-8-5-4-6-9-13/h8,14-15H,3-7,9-12H2,1-2H3. The smallest absolute Gasteiger partial charge is 0.0462 e. The molecule has 94 valence electrons. The van der Waals surface area contributed by atoms with Crippen LogP contribution in [-0.2, 0) is 4.74 Å². The molecule has 2 nitrogen and oxygen atoms in total. The van der Waals surface area contributed by atoms with Gasteiger partial charge in [0, 0.05) is 19.8 Å². The van der Waals surface area contributed by atoms with Crippen LogP contribution in [0.15, 0.2) is 11.6 Å². The molecule has 0 aliphatic heterocycles. The second kappa shape index (κ2) is 8.77. The quantitative estimate of drug-likeness (QED) is 0.505. The van der Waals surface area contributed by atoms with E-state index in [9.17, 15) is 0 Å². The van der Waals surface area contributed by atoms with Gasteiger partial charge in [0.2, 0.25) is 0 Å². The van der Waals surface area contributed by atoms with E-state index in [1.54, 1.807) is 12.7 Å². The highest BCUT2D eigenvalue weighted by molar-refractivity contribution is 5.06. The fourth-order valence-electron chi connectivity index (χ4n) is 2.45. The normalized spacial score (nSPS) is 18.2. The molecule has 0 saturated heterocycles. The molecule has 1 atom stereocenters. The van der Waals surface area contributed by atoms with E-state index in [1.165, 1.54) is 44.9 Å². The van der Waals surface area contributed by atoms with Crippen LogP contribution in [0.2, 0.25) is 0 Å². The molecule has 0 aromatic rings. The zero-order valence-electron chi connectivity index (χ0n) is 10.9. The molecule has 16 heavy (non-hydrogen) atoms. The van der Waals surface area contributed by atoms with Crippen molar-refractivity contribution in [2.75, 3.05) is 20.3 Å². The van der Waals surface area contributed by atoms with Crippen LogP contribution >= 0.6 is 0 Å². The molecule has 0 aromatic carbocycles. The van der Waals surface area contributed by atoms with Crippen molar-refractivity contribution < 1.29 is 4.74 Å². The van der Waals surface area contributed by atoms with Crippen LogP contribution in [0, 0.1) is 0 Å². The minimum absolute atomic E-state index is 0.657. The summed E-state index contributed by atoms with van der Waals surface area (Å²) in [4.78, 5) is 0. The highest BCUT2D eigenvalue weighted by atomic mass is 16.5. The minimum Gasteiger partial charge on any atom is -0.385 e. The van der Waals surface area contributed by atoms with Gasteiger partial charge in [0.1, 0.15) is 0 Å². The SMILES string of the molecule is CCNC(CCCOC)CC1=CCCCC1. The Hall–Kier alpha value is -0.340. The fourth-order valence-corrected chi connectivity index (χ4v) is 2.45. The van der Waals surface area contributed by atoms with Gasteiger partial charge in [-0.3, -0.25) is 0 Å². The molecule has 2 heteroatoms. The summed E-state index contributed by atoms with van der Waals surface area (Å²) in [6.07, 6.45) is 11.5. The molecule has 1 unspecified atom stereocenters. The summed E-state index contributed by atoms with van der Waals surface area (Å²) in [5.74, 6) is 0. The van der Waals surface area contributed by atoms with Gasteiger partial charge in [-0.05, 0) is 51.5 Å². The van der Waals surface area contributed by atoms with Crippen LogP contribution in [0.4, 0.5) is 0 Å². The molecule has 0 fully saturated rings. The van der Waals surface area contributed by atoms with E-state index in [1.807, 2.05) is 0 Å². The first-order chi connectivity index (χ1) is 7.86. The highest BCUT2D eigenvalue weighted by Crippen LogP contribution is 2.22. The molecule has 1 rings (SSSR count). The molecule has 1 N–H and O–H groups in total. The zero-order chi connectivity index (χ0) is 11.6. The number of hydrogen-bond acceptors (Lipinski definition) is 2. The Balaban J connectivity index is 2.28. The topological polar surface area (TPSA) is 21.3 Å². The van der Waals surface area contributed by atoms with Crippen molar-refractivity contribution in [3.8, 4) is 0 Å². The van der Waals surface area contributed by atoms with Crippen molar-refractivity contribution in [3.05, 3.63) is 11.6 Å². The summed E-state index contributed by atoms with van der Waals surface area (Å²) in [5.41, 5.74) is 1.68. The molecule has 1 aliphatic carbocycles. The number of ether oxygens (including phenoxy) is 1. The third-order valence-electron chi connectivity index (χ3n) is 3.29. The predicted molar refractivity (Wildman–Crippen MR) is 69.7 cm³/mol. The van der Waals surface area contributed by atoms with E-state index in [4.69, 9.17) is 4.74 Å². The van der Waals surface area contributed by atoms with Gasteiger partial charge in [-0.15, -0.1) is 0 Å². The minimum atomic E-state index is 0.657. The van der Waals surface area contributed by atoms with Gasteiger partial charge in [0.25, 0.3) is 0 Å². The van der Waals surface area contributed by atoms with Gasteiger partial charge in [0.05, 0.1) is 0 Å². The average molecular weight is 225 g/mol. The summed E-state index contributed by atoms with van der Waals surface area (Å²) in [6.45, 7) is 4.16. The molecular formula is C14H27NO. The Bertz CT molecular complexity index is 201. The molecule has 0 aromatic heterocycles. The van der Waals surface area contributed by atoms with Gasteiger partial charge in [-0.2, -0.15) is 0 Å². The van der Waals surface area contributed by atoms with Crippen molar-refractivity contribution in [2.24, 2.45) is 0 Å². The zero-order valence-corrected chi connectivity index (χ0v) is 10.9. The predicted octanol–water partition coefficient (Wildman–Crippen LogP) is 3.28. The van der Waals surface area contributed by atoms with Crippen LogP contribution in [0.25, 0.3) is 0 Å². The molecule has 0 saturated carbocycles. The molecular weight excluding hydrogens is 198 g/mol. The van der Waals surface area contributed by atoms with Gasteiger partial charge >= 0.3 is 0 Å². The lowest BCUT2D eigenvalue weighted by Crippen LogP contribution is -2.29. The summed E-state index contributed by atoms with van der Waals surface area (Å²) in [5, 5.41) is 3.59. The number of hydrogen-bond donors (Lipinski definition) is 1. The van der Waals surface area contributed by atoms with Crippen molar-refractivity contribution in [3.63, 3.8) is 0 Å². The van der Waals surface area contributed by atoms with Gasteiger partial charge in [-0.25, -0.2) is 0 Å². The first kappa shape index (κ1) is 13.7. The van der Waals surface area contributed by atoms with E-state index in [0.29, 0.717) is 6.04 Å². The van der Waals surface area contributed by atoms with Crippen LogP contribution < -0.4 is 5.32 Å². The maximum atomic E-state index is 5.12. The summed E-state index contributed by atoms with van der Waals surface area (Å²) >= 11 is 0. The van der Waals surface area contributed by atoms with Crippen LogP contribution in [-0.4, -0.2) is 26.3 Å². The summed E-state index contributed by atoms with van der Waals surface area (Å²) in [7, 11) is 1.78. The maximum absolute atomic E-state index is 5.12. The summed E-state index contributed by atoms with van der Waals surface area (Å²) < 4.78 is 5.12. The lowest BCUT2D eigenvalue weighted by molar-refractivity contribution is 0.188. The number of nitrogens with one attached hydrogen (secondary N) is 1. The van der Waals surface area contributed by atoms with Gasteiger partial charge < -0.3 is 10.1 Å². The number of methoxy groups -OCH3 is 1. The van der Waals surface area contributed by atoms with E-state index >= 15 is 0 Å². The monoisotopic (exact) mass is 225 g/mol. The Morgan fingerprint density at radius 1 is 1.44 bits per heavy atom. The summed E-state index contributed by atoms with van der Waals surface area (Å²) in [6, 6.07) is 0.657. The van der Waals surface area contributed by atoms with Crippen LogP contribution in [0.3, 0.4) is 0 Å². The first-order valence-electron chi connectivity index (χ1n) is 6.77. The fraction of sp³-hybridized carbons (Fsp3) is 0.857. The largest absolute Gasteiger partial charge is 0.385 e. The average Bonchev–Trinajstić information content (AvgIpc) is 2.31. The second-order valence-corrected chi connectivity index (χ2v) is 4.70. The lowest BCUT2D eigenvalue weighted by atomic mass is 9.93. The van der Waals surface area contributed by atoms with E-state index < -0.39 is 0 Å². The first-order valence-corrected chi connectivity index (χ1v) is 6.77. The molecule has 0 heterocycles. The Morgan fingerprint density at radius 3 is 2.94 bits per heavy atom. The third kappa shape index (κ3) is 5.66. The Morgan fingerprint density at radius 2 is 2.31 bits per heavy atom. The van der Waals surface area contributed by atoms with Gasteiger partial charge in [0.15, 0.2) is 0 Å². The Labute approximate surface area is 100 Å². The maximum Gasteiger partial charge on any atom is 0.0462 e. The molecule has 0 spiro atoms. The third-order valence-corrected chi connectivity index (χ3v) is 3.29. The Kier molecular flexibility index (Phi) is 7.52. The molecule has 0 radical (unpaired) electrons. The van der Waals surface area contributed by atoms with Crippen molar-refractivity contribution >= 4 is 0 Å². The lowest BCUT2D eigenvalue weighted by Gasteiger charge is -2.21. The van der Waals surface area contributed by atoms with E-state index in [2.05, 4.69) is 18.3 Å². The van der Waals surface area contributed by atoms with Crippen LogP contribution in [0.5, 0.6) is 0 Å². The molecule has 0 amide bonds. The van der Waals surface area contributed by atoms with E-state index in [0.717, 1.165) is 13.2 Å². The van der Waals surface area contributed by atoms with Crippen molar-refractivity contribution in [1.82, 2.24) is 5.32 Å².